The van der Waals surface area contributed by atoms with Crippen molar-refractivity contribution in [2.45, 2.75) is 11.4 Å². The van der Waals surface area contributed by atoms with Crippen molar-refractivity contribution in [1.29, 1.82) is 5.26 Å². The molecule has 7 nitrogen and oxygen atoms in total. The third-order valence-electron chi connectivity index (χ3n) is 3.92. The Hall–Kier alpha value is -3.41. The zero-order valence-electron chi connectivity index (χ0n) is 14.8. The molecule has 2 aromatic carbocycles. The number of sulfonamides is 1. The van der Waals surface area contributed by atoms with Gasteiger partial charge in [0.1, 0.15) is 11.8 Å². The number of carbonyl (C=O) groups is 1. The van der Waals surface area contributed by atoms with Gasteiger partial charge in [0, 0.05) is 5.69 Å². The number of nitrogens with one attached hydrogen (secondary N) is 1. The molecule has 8 heteroatoms. The van der Waals surface area contributed by atoms with Crippen molar-refractivity contribution >= 4 is 21.6 Å². The molecule has 0 bridgehead atoms. The van der Waals surface area contributed by atoms with E-state index in [1.165, 1.54) is 24.5 Å². The first-order chi connectivity index (χ1) is 13.5. The van der Waals surface area contributed by atoms with Gasteiger partial charge in [0.2, 0.25) is 15.9 Å². The predicted molar refractivity (Wildman–Crippen MR) is 103 cm³/mol. The second-order valence-corrected chi connectivity index (χ2v) is 7.78. The Bertz CT molecular complexity index is 1090. The number of benzene rings is 2. The number of rotatable bonds is 7. The van der Waals surface area contributed by atoms with Gasteiger partial charge in [-0.3, -0.25) is 4.79 Å². The van der Waals surface area contributed by atoms with Crippen molar-refractivity contribution in [2.24, 2.45) is 0 Å². The lowest BCUT2D eigenvalue weighted by Gasteiger charge is -2.21. The molecule has 0 spiro atoms. The minimum atomic E-state index is -4.12. The highest BCUT2D eigenvalue weighted by molar-refractivity contribution is 7.89. The van der Waals surface area contributed by atoms with Crippen molar-refractivity contribution in [1.82, 2.24) is 4.31 Å². The van der Waals surface area contributed by atoms with Crippen LogP contribution in [0.1, 0.15) is 11.3 Å². The monoisotopic (exact) mass is 395 g/mol. The number of amides is 1. The molecule has 0 atom stereocenters. The second kappa shape index (κ2) is 8.52. The van der Waals surface area contributed by atoms with Gasteiger partial charge in [-0.1, -0.05) is 30.3 Å². The fourth-order valence-corrected chi connectivity index (χ4v) is 4.11. The predicted octanol–water partition coefficient (Wildman–Crippen LogP) is 2.98. The molecular formula is C20H17N3O4S. The van der Waals surface area contributed by atoms with Crippen LogP contribution >= 0.6 is 0 Å². The van der Waals surface area contributed by atoms with Crippen LogP contribution in [0.15, 0.2) is 82.3 Å². The minimum absolute atomic E-state index is 0.00964. The van der Waals surface area contributed by atoms with Crippen LogP contribution < -0.4 is 5.32 Å². The molecule has 0 aliphatic carbocycles. The summed E-state index contributed by atoms with van der Waals surface area (Å²) in [5.74, 6) is -0.124. The van der Waals surface area contributed by atoms with Gasteiger partial charge in [-0.15, -0.1) is 0 Å². The van der Waals surface area contributed by atoms with Crippen LogP contribution in [0.4, 0.5) is 5.69 Å². The van der Waals surface area contributed by atoms with E-state index in [0.717, 1.165) is 4.31 Å². The highest BCUT2D eigenvalue weighted by Gasteiger charge is 2.29. The summed E-state index contributed by atoms with van der Waals surface area (Å²) in [6, 6.07) is 19.7. The SMILES string of the molecule is N#Cc1ccccc1S(=O)(=O)N(CC(=O)Nc1ccccc1)Cc1ccco1. The van der Waals surface area contributed by atoms with E-state index in [9.17, 15) is 18.5 Å². The molecule has 28 heavy (non-hydrogen) atoms. The van der Waals surface area contributed by atoms with E-state index in [2.05, 4.69) is 5.32 Å². The minimum Gasteiger partial charge on any atom is -0.468 e. The molecule has 0 aliphatic heterocycles. The van der Waals surface area contributed by atoms with Crippen molar-refractivity contribution in [2.75, 3.05) is 11.9 Å². The van der Waals surface area contributed by atoms with Gasteiger partial charge in [-0.25, -0.2) is 8.42 Å². The zero-order chi connectivity index (χ0) is 20.0. The molecule has 1 heterocycles. The number of para-hydroxylation sites is 1. The average Bonchev–Trinajstić information content (AvgIpc) is 3.21. The van der Waals surface area contributed by atoms with Gasteiger partial charge in [0.15, 0.2) is 0 Å². The first-order valence-corrected chi connectivity index (χ1v) is 9.81. The normalized spacial score (nSPS) is 11.1. The smallest absolute Gasteiger partial charge is 0.245 e. The highest BCUT2D eigenvalue weighted by atomic mass is 32.2. The number of hydrogen-bond donors (Lipinski definition) is 1. The van der Waals surface area contributed by atoms with Gasteiger partial charge in [-0.05, 0) is 36.4 Å². The van der Waals surface area contributed by atoms with E-state index >= 15 is 0 Å². The van der Waals surface area contributed by atoms with Gasteiger partial charge in [0.25, 0.3) is 0 Å². The van der Waals surface area contributed by atoms with Gasteiger partial charge < -0.3 is 9.73 Å². The number of nitrogens with zero attached hydrogens (tertiary/aromatic N) is 2. The first kappa shape index (κ1) is 19.4. The van der Waals surface area contributed by atoms with E-state index in [1.807, 2.05) is 12.1 Å². The molecule has 0 saturated heterocycles. The van der Waals surface area contributed by atoms with E-state index in [-0.39, 0.29) is 17.0 Å². The summed E-state index contributed by atoms with van der Waals surface area (Å²) in [6.07, 6.45) is 1.42. The van der Waals surface area contributed by atoms with Crippen LogP contribution in [0.25, 0.3) is 0 Å². The molecule has 0 fully saturated rings. The summed E-state index contributed by atoms with van der Waals surface area (Å²) in [4.78, 5) is 12.3. The first-order valence-electron chi connectivity index (χ1n) is 8.37. The lowest BCUT2D eigenvalue weighted by molar-refractivity contribution is -0.116. The molecule has 142 valence electrons. The van der Waals surface area contributed by atoms with Crippen molar-refractivity contribution in [3.63, 3.8) is 0 Å². The van der Waals surface area contributed by atoms with Crippen molar-refractivity contribution in [3.8, 4) is 6.07 Å². The molecule has 3 rings (SSSR count). The summed E-state index contributed by atoms with van der Waals surface area (Å²) in [6.45, 7) is -0.574. The van der Waals surface area contributed by atoms with E-state index in [0.29, 0.717) is 11.4 Å². The highest BCUT2D eigenvalue weighted by Crippen LogP contribution is 2.22. The average molecular weight is 395 g/mol. The Morgan fingerprint density at radius 1 is 1.04 bits per heavy atom. The standard InChI is InChI=1S/C20H17N3O4S/c21-13-16-7-4-5-11-19(16)28(25,26)23(14-18-10-6-12-27-18)15-20(24)22-17-8-2-1-3-9-17/h1-12H,14-15H2,(H,22,24). The second-order valence-electron chi connectivity index (χ2n) is 5.87. The third-order valence-corrected chi connectivity index (χ3v) is 5.76. The molecule has 1 amide bonds. The maximum Gasteiger partial charge on any atom is 0.245 e. The topological polar surface area (TPSA) is 103 Å². The maximum absolute atomic E-state index is 13.2. The number of nitriles is 1. The molecule has 1 N–H and O–H groups in total. The summed E-state index contributed by atoms with van der Waals surface area (Å²) >= 11 is 0. The molecule has 0 aliphatic rings. The Balaban J connectivity index is 1.90. The molecule has 0 unspecified atom stereocenters. The summed E-state index contributed by atoms with van der Waals surface area (Å²) < 4.78 is 32.6. The zero-order valence-corrected chi connectivity index (χ0v) is 15.6. The van der Waals surface area contributed by atoms with Gasteiger partial charge in [0.05, 0.1) is 29.8 Å². The Morgan fingerprint density at radius 3 is 2.43 bits per heavy atom. The number of anilines is 1. The van der Waals surface area contributed by atoms with Crippen LogP contribution in [-0.2, 0) is 21.4 Å². The molecule has 3 aromatic rings. The van der Waals surface area contributed by atoms with E-state index < -0.39 is 22.5 Å². The van der Waals surface area contributed by atoms with E-state index in [1.54, 1.807) is 42.5 Å². The fraction of sp³-hybridized carbons (Fsp3) is 0.100. The summed E-state index contributed by atoms with van der Waals surface area (Å²) in [5.41, 5.74) is 0.565. The molecule has 0 saturated carbocycles. The summed E-state index contributed by atoms with van der Waals surface area (Å²) in [7, 11) is -4.12. The van der Waals surface area contributed by atoms with Crippen LogP contribution in [-0.4, -0.2) is 25.2 Å². The van der Waals surface area contributed by atoms with Crippen LogP contribution in [0.5, 0.6) is 0 Å². The largest absolute Gasteiger partial charge is 0.468 e. The Morgan fingerprint density at radius 2 is 1.75 bits per heavy atom. The Kier molecular flexibility index (Phi) is 5.89. The van der Waals surface area contributed by atoms with Gasteiger partial charge >= 0.3 is 0 Å². The molecule has 1 aromatic heterocycles. The maximum atomic E-state index is 13.2. The quantitative estimate of drug-likeness (QED) is 0.662. The van der Waals surface area contributed by atoms with Gasteiger partial charge in [-0.2, -0.15) is 9.57 Å². The number of carbonyl (C=O) groups excluding carboxylic acids is 1. The summed E-state index contributed by atoms with van der Waals surface area (Å²) in [5, 5.41) is 11.9. The molecular weight excluding hydrogens is 378 g/mol. The lowest BCUT2D eigenvalue weighted by atomic mass is 10.2. The Labute approximate surface area is 162 Å². The molecule has 0 radical (unpaired) electrons. The third kappa shape index (κ3) is 4.46. The number of furan rings is 1. The van der Waals surface area contributed by atoms with Crippen LogP contribution in [0.2, 0.25) is 0 Å². The van der Waals surface area contributed by atoms with Crippen LogP contribution in [0.3, 0.4) is 0 Å². The number of hydrogen-bond acceptors (Lipinski definition) is 5. The van der Waals surface area contributed by atoms with Crippen molar-refractivity contribution < 1.29 is 17.6 Å². The fourth-order valence-electron chi connectivity index (χ4n) is 2.61. The van der Waals surface area contributed by atoms with E-state index in [4.69, 9.17) is 4.42 Å². The van der Waals surface area contributed by atoms with Crippen LogP contribution in [0, 0.1) is 11.3 Å². The van der Waals surface area contributed by atoms with Crippen molar-refractivity contribution in [3.05, 3.63) is 84.3 Å². The lowest BCUT2D eigenvalue weighted by Crippen LogP contribution is -2.37.